The molecule has 0 amide bonds. The maximum atomic E-state index is 14.9. The van der Waals surface area contributed by atoms with E-state index in [0.29, 0.717) is 6.07 Å². The molecule has 0 spiro atoms. The average Bonchev–Trinajstić information content (AvgIpc) is 2.78. The molecule has 0 saturated heterocycles. The van der Waals surface area contributed by atoms with Gasteiger partial charge in [0.15, 0.2) is 0 Å². The van der Waals surface area contributed by atoms with Crippen LogP contribution in [0.4, 0.5) is 26.3 Å². The van der Waals surface area contributed by atoms with Gasteiger partial charge in [-0.25, -0.2) is 13.2 Å². The van der Waals surface area contributed by atoms with Gasteiger partial charge in [0.2, 0.25) is 0 Å². The highest BCUT2D eigenvalue weighted by Gasteiger charge is 2.34. The number of rotatable bonds is 3. The average molecular weight is 474 g/mol. The third kappa shape index (κ3) is 5.09. The van der Waals surface area contributed by atoms with E-state index in [1.54, 1.807) is 0 Å². The van der Waals surface area contributed by atoms with Crippen LogP contribution in [0.5, 0.6) is 0 Å². The largest absolute Gasteiger partial charge is 0.419 e. The Morgan fingerprint density at radius 3 is 2.18 bits per heavy atom. The summed E-state index contributed by atoms with van der Waals surface area (Å²) >= 11 is 0. The molecule has 1 saturated carbocycles. The minimum absolute atomic E-state index is 0.107. The van der Waals surface area contributed by atoms with Gasteiger partial charge in [-0.2, -0.15) is 13.2 Å². The fourth-order valence-electron chi connectivity index (χ4n) is 4.78. The molecule has 6 heteroatoms. The summed E-state index contributed by atoms with van der Waals surface area (Å²) in [4.78, 5) is 0. The van der Waals surface area contributed by atoms with Crippen molar-refractivity contribution in [1.82, 2.24) is 0 Å². The molecule has 0 unspecified atom stereocenters. The molecule has 0 heterocycles. The van der Waals surface area contributed by atoms with Crippen LogP contribution in [0.25, 0.3) is 21.9 Å². The number of hydrogen-bond donors (Lipinski definition) is 0. The van der Waals surface area contributed by atoms with E-state index >= 15 is 0 Å². The number of alkyl halides is 3. The van der Waals surface area contributed by atoms with Gasteiger partial charge < -0.3 is 0 Å². The van der Waals surface area contributed by atoms with E-state index in [9.17, 15) is 26.3 Å². The molecule has 0 aliphatic heterocycles. The lowest BCUT2D eigenvalue weighted by atomic mass is 9.80. The van der Waals surface area contributed by atoms with Crippen LogP contribution in [-0.4, -0.2) is 0 Å². The molecular weight excluding hydrogens is 450 g/mol. The van der Waals surface area contributed by atoms with Crippen molar-refractivity contribution in [3.05, 3.63) is 71.0 Å². The van der Waals surface area contributed by atoms with E-state index < -0.39 is 29.2 Å². The van der Waals surface area contributed by atoms with E-state index in [1.165, 1.54) is 25.0 Å². The Morgan fingerprint density at radius 2 is 1.56 bits per heavy atom. The van der Waals surface area contributed by atoms with Crippen LogP contribution >= 0.6 is 0 Å². The molecule has 1 aliphatic rings. The smallest absolute Gasteiger partial charge is 0.206 e. The SMILES string of the molecule is CCCC1CCC(C#Cc2cc(F)c(-c3ccc4c(F)c(C(F)(F)F)ccc4c3)c(F)c2)CC1. The van der Waals surface area contributed by atoms with Crippen LogP contribution in [0.1, 0.15) is 56.6 Å². The first-order valence-electron chi connectivity index (χ1n) is 11.5. The van der Waals surface area contributed by atoms with E-state index in [0.717, 1.165) is 55.9 Å². The summed E-state index contributed by atoms with van der Waals surface area (Å²) in [7, 11) is 0. The fourth-order valence-corrected chi connectivity index (χ4v) is 4.78. The van der Waals surface area contributed by atoms with Crippen molar-refractivity contribution in [2.45, 2.75) is 51.6 Å². The van der Waals surface area contributed by atoms with Gasteiger partial charge in [-0.1, -0.05) is 49.8 Å². The predicted molar refractivity (Wildman–Crippen MR) is 121 cm³/mol. The molecule has 4 rings (SSSR count). The zero-order valence-electron chi connectivity index (χ0n) is 18.7. The number of halogens is 6. The second-order valence-electron chi connectivity index (χ2n) is 8.95. The van der Waals surface area contributed by atoms with Crippen molar-refractivity contribution in [3.63, 3.8) is 0 Å². The van der Waals surface area contributed by atoms with E-state index in [2.05, 4.69) is 18.8 Å². The first-order valence-corrected chi connectivity index (χ1v) is 11.5. The van der Waals surface area contributed by atoms with Crippen LogP contribution in [0.3, 0.4) is 0 Å². The molecule has 3 aromatic rings. The van der Waals surface area contributed by atoms with E-state index in [1.807, 2.05) is 0 Å². The lowest BCUT2D eigenvalue weighted by molar-refractivity contribution is -0.139. The summed E-state index contributed by atoms with van der Waals surface area (Å²) in [5.41, 5.74) is -1.37. The zero-order valence-corrected chi connectivity index (χ0v) is 18.7. The Kier molecular flexibility index (Phi) is 6.93. The Hall–Kier alpha value is -2.94. The number of hydrogen-bond acceptors (Lipinski definition) is 0. The minimum atomic E-state index is -4.83. The first kappa shape index (κ1) is 24.2. The maximum absolute atomic E-state index is 14.9. The molecule has 0 nitrogen and oxygen atoms in total. The summed E-state index contributed by atoms with van der Waals surface area (Å²) in [6.07, 6.45) is 1.80. The van der Waals surface area contributed by atoms with Crippen molar-refractivity contribution >= 4 is 10.8 Å². The zero-order chi connectivity index (χ0) is 24.5. The third-order valence-corrected chi connectivity index (χ3v) is 6.55. The molecule has 0 N–H and O–H groups in total. The van der Waals surface area contributed by atoms with Gasteiger partial charge in [0.25, 0.3) is 0 Å². The summed E-state index contributed by atoms with van der Waals surface area (Å²) in [5, 5.41) is -0.153. The Balaban J connectivity index is 1.59. The number of fused-ring (bicyclic) bond motifs is 1. The Bertz CT molecular complexity index is 1230. The molecule has 0 aromatic heterocycles. The normalized spacial score (nSPS) is 18.6. The summed E-state index contributed by atoms with van der Waals surface area (Å²) in [6.45, 7) is 2.18. The first-order chi connectivity index (χ1) is 16.2. The molecule has 1 aliphatic carbocycles. The predicted octanol–water partition coefficient (Wildman–Crippen LogP) is 8.90. The molecule has 34 heavy (non-hydrogen) atoms. The van der Waals surface area contributed by atoms with Gasteiger partial charge >= 0.3 is 6.18 Å². The lowest BCUT2D eigenvalue weighted by Gasteiger charge is -2.25. The van der Waals surface area contributed by atoms with Crippen LogP contribution in [0, 0.1) is 41.1 Å². The summed E-state index contributed by atoms with van der Waals surface area (Å²) in [5.74, 6) is 3.93. The van der Waals surface area contributed by atoms with Crippen LogP contribution < -0.4 is 0 Å². The lowest BCUT2D eigenvalue weighted by Crippen LogP contribution is -2.13. The van der Waals surface area contributed by atoms with Crippen LogP contribution in [0.2, 0.25) is 0 Å². The summed E-state index contributed by atoms with van der Waals surface area (Å²) in [6, 6.07) is 7.64. The van der Waals surface area contributed by atoms with Crippen molar-refractivity contribution in [2.75, 3.05) is 0 Å². The third-order valence-electron chi connectivity index (χ3n) is 6.55. The highest BCUT2D eigenvalue weighted by atomic mass is 19.4. The molecular formula is C28H24F6. The molecule has 0 bridgehead atoms. The topological polar surface area (TPSA) is 0 Å². The van der Waals surface area contributed by atoms with E-state index in [4.69, 9.17) is 0 Å². The molecule has 0 radical (unpaired) electrons. The fraction of sp³-hybridized carbons (Fsp3) is 0.357. The van der Waals surface area contributed by atoms with Crippen LogP contribution in [-0.2, 0) is 6.18 Å². The second-order valence-corrected chi connectivity index (χ2v) is 8.95. The second kappa shape index (κ2) is 9.74. The molecule has 1 fully saturated rings. The quantitative estimate of drug-likeness (QED) is 0.263. The van der Waals surface area contributed by atoms with Crippen molar-refractivity contribution in [1.29, 1.82) is 0 Å². The minimum Gasteiger partial charge on any atom is -0.206 e. The Morgan fingerprint density at radius 1 is 0.882 bits per heavy atom. The number of benzene rings is 3. The molecule has 178 valence electrons. The van der Waals surface area contributed by atoms with Gasteiger partial charge in [0.1, 0.15) is 17.5 Å². The Labute approximate surface area is 195 Å². The van der Waals surface area contributed by atoms with Gasteiger partial charge in [-0.05, 0) is 66.8 Å². The highest BCUT2D eigenvalue weighted by Crippen LogP contribution is 2.37. The van der Waals surface area contributed by atoms with Gasteiger partial charge in [0, 0.05) is 16.9 Å². The monoisotopic (exact) mass is 474 g/mol. The van der Waals surface area contributed by atoms with E-state index in [-0.39, 0.29) is 33.4 Å². The van der Waals surface area contributed by atoms with Gasteiger partial charge in [0.05, 0.1) is 11.1 Å². The molecule has 0 atom stereocenters. The van der Waals surface area contributed by atoms with Crippen LogP contribution in [0.15, 0.2) is 42.5 Å². The maximum Gasteiger partial charge on any atom is 0.419 e. The standard InChI is InChI=1S/C28H24F6/c1-2-3-17-4-6-18(7-5-17)8-9-19-14-24(29)26(25(30)15-19)21-10-12-22-20(16-21)11-13-23(27(22)31)28(32,33)34/h10-18H,2-7H2,1H3. The van der Waals surface area contributed by atoms with Crippen molar-refractivity contribution in [3.8, 4) is 23.0 Å². The van der Waals surface area contributed by atoms with Gasteiger partial charge in [-0.15, -0.1) is 0 Å². The van der Waals surface area contributed by atoms with Gasteiger partial charge in [-0.3, -0.25) is 0 Å². The highest BCUT2D eigenvalue weighted by molar-refractivity contribution is 5.88. The molecule has 3 aromatic carbocycles. The summed E-state index contributed by atoms with van der Waals surface area (Å²) < 4.78 is 82.9. The van der Waals surface area contributed by atoms with Crippen molar-refractivity contribution < 1.29 is 26.3 Å². The van der Waals surface area contributed by atoms with Crippen molar-refractivity contribution in [2.24, 2.45) is 11.8 Å².